The number of hydrogen-bond donors (Lipinski definition) is 1. The monoisotopic (exact) mass is 406 g/mol. The third-order valence-electron chi connectivity index (χ3n) is 3.73. The molecule has 0 aromatic heterocycles. The van der Waals surface area contributed by atoms with Gasteiger partial charge in [-0.2, -0.15) is 5.10 Å². The summed E-state index contributed by atoms with van der Waals surface area (Å²) in [5.74, 6) is 1.81. The first-order valence-electron chi connectivity index (χ1n) is 8.66. The Bertz CT molecular complexity index is 1020. The van der Waals surface area contributed by atoms with Gasteiger partial charge in [0, 0.05) is 17.9 Å². The molecule has 0 atom stereocenters. The zero-order chi connectivity index (χ0) is 20.5. The van der Waals surface area contributed by atoms with Crippen molar-refractivity contribution < 1.29 is 9.66 Å². The van der Waals surface area contributed by atoms with Crippen LogP contribution >= 0.6 is 11.8 Å². The molecule has 0 spiro atoms. The molecule has 0 heterocycles. The van der Waals surface area contributed by atoms with Gasteiger partial charge in [0.25, 0.3) is 5.69 Å². The minimum absolute atomic E-state index is 0.0128. The van der Waals surface area contributed by atoms with Gasteiger partial charge in [-0.3, -0.25) is 10.1 Å². The maximum absolute atomic E-state index is 10.7. The van der Waals surface area contributed by atoms with Crippen molar-refractivity contribution in [2.75, 3.05) is 0 Å². The standard InChI is InChI=1S/C21H18N4O3S/c22-21(29-15-16-5-2-1-3-6-16)24-23-14-17-7-4-8-20(13-17)28-19-11-9-18(10-12-19)25(26)27/h1-14H,15H2,(H2,22,24). The van der Waals surface area contributed by atoms with E-state index in [0.29, 0.717) is 16.7 Å². The summed E-state index contributed by atoms with van der Waals surface area (Å²) < 4.78 is 5.72. The molecular formula is C21H18N4O3S. The smallest absolute Gasteiger partial charge is 0.269 e. The quantitative estimate of drug-likeness (QED) is 0.258. The fraction of sp³-hybridized carbons (Fsp3) is 0.0476. The highest BCUT2D eigenvalue weighted by atomic mass is 32.2. The molecule has 3 aromatic carbocycles. The summed E-state index contributed by atoms with van der Waals surface area (Å²) in [6, 6.07) is 23.1. The maximum Gasteiger partial charge on any atom is 0.269 e. The molecule has 8 heteroatoms. The molecule has 0 aliphatic rings. The van der Waals surface area contributed by atoms with Crippen molar-refractivity contribution in [1.29, 1.82) is 0 Å². The second-order valence-corrected chi connectivity index (χ2v) is 6.88. The number of amidine groups is 1. The van der Waals surface area contributed by atoms with Crippen LogP contribution in [0.3, 0.4) is 0 Å². The molecule has 2 N–H and O–H groups in total. The van der Waals surface area contributed by atoms with E-state index in [1.54, 1.807) is 30.5 Å². The Labute approximate surface area is 172 Å². The van der Waals surface area contributed by atoms with Crippen LogP contribution in [0, 0.1) is 10.1 Å². The molecule has 0 bridgehead atoms. The van der Waals surface area contributed by atoms with Crippen LogP contribution in [0.15, 0.2) is 89.1 Å². The van der Waals surface area contributed by atoms with Crippen LogP contribution in [0.2, 0.25) is 0 Å². The molecule has 146 valence electrons. The first-order chi connectivity index (χ1) is 14.1. The Balaban J connectivity index is 1.57. The van der Waals surface area contributed by atoms with Gasteiger partial charge in [-0.25, -0.2) is 0 Å². The Morgan fingerprint density at radius 3 is 2.52 bits per heavy atom. The highest BCUT2D eigenvalue weighted by Gasteiger charge is 2.05. The average Bonchev–Trinajstić information content (AvgIpc) is 2.74. The molecule has 0 saturated carbocycles. The predicted molar refractivity (Wildman–Crippen MR) is 117 cm³/mol. The van der Waals surface area contributed by atoms with Gasteiger partial charge >= 0.3 is 0 Å². The van der Waals surface area contributed by atoms with Crippen LogP contribution < -0.4 is 10.5 Å². The summed E-state index contributed by atoms with van der Waals surface area (Å²) in [6.07, 6.45) is 1.58. The van der Waals surface area contributed by atoms with E-state index in [4.69, 9.17) is 10.5 Å². The molecule has 0 saturated heterocycles. The van der Waals surface area contributed by atoms with E-state index in [2.05, 4.69) is 10.2 Å². The van der Waals surface area contributed by atoms with Crippen molar-refractivity contribution in [1.82, 2.24) is 0 Å². The fourth-order valence-corrected chi connectivity index (χ4v) is 2.96. The van der Waals surface area contributed by atoms with Crippen LogP contribution in [-0.2, 0) is 5.75 Å². The van der Waals surface area contributed by atoms with Gasteiger partial charge in [-0.1, -0.05) is 54.2 Å². The lowest BCUT2D eigenvalue weighted by Crippen LogP contribution is -2.05. The zero-order valence-electron chi connectivity index (χ0n) is 15.3. The third kappa shape index (κ3) is 6.47. The normalized spacial score (nSPS) is 11.5. The number of nitrogens with zero attached hydrogens (tertiary/aromatic N) is 3. The molecule has 0 fully saturated rings. The minimum Gasteiger partial charge on any atom is -0.457 e. The van der Waals surface area contributed by atoms with Gasteiger partial charge in [0.1, 0.15) is 11.5 Å². The number of benzene rings is 3. The molecule has 3 rings (SSSR count). The molecule has 0 unspecified atom stereocenters. The molecule has 3 aromatic rings. The second-order valence-electron chi connectivity index (χ2n) is 5.88. The molecule has 0 amide bonds. The Morgan fingerprint density at radius 2 is 1.79 bits per heavy atom. The number of nitro groups is 1. The molecular weight excluding hydrogens is 388 g/mol. The number of non-ortho nitro benzene ring substituents is 1. The summed E-state index contributed by atoms with van der Waals surface area (Å²) >= 11 is 1.41. The lowest BCUT2D eigenvalue weighted by atomic mass is 10.2. The Morgan fingerprint density at radius 1 is 1.03 bits per heavy atom. The number of nitrogens with two attached hydrogens (primary N) is 1. The number of rotatable bonds is 7. The predicted octanol–water partition coefficient (Wildman–Crippen LogP) is 4.97. The van der Waals surface area contributed by atoms with Crippen LogP contribution in [0.4, 0.5) is 5.69 Å². The van der Waals surface area contributed by atoms with Crippen molar-refractivity contribution in [2.24, 2.45) is 15.9 Å². The highest BCUT2D eigenvalue weighted by molar-refractivity contribution is 8.13. The lowest BCUT2D eigenvalue weighted by molar-refractivity contribution is -0.384. The average molecular weight is 406 g/mol. The Hall–Kier alpha value is -3.65. The maximum atomic E-state index is 10.7. The van der Waals surface area contributed by atoms with Crippen molar-refractivity contribution in [3.8, 4) is 11.5 Å². The second kappa shape index (κ2) is 10.0. The van der Waals surface area contributed by atoms with Crippen molar-refractivity contribution >= 4 is 28.8 Å². The summed E-state index contributed by atoms with van der Waals surface area (Å²) in [4.78, 5) is 10.3. The van der Waals surface area contributed by atoms with Gasteiger partial charge in [0.2, 0.25) is 0 Å². The molecule has 0 radical (unpaired) electrons. The van der Waals surface area contributed by atoms with E-state index in [0.717, 1.165) is 16.9 Å². The number of ether oxygens (including phenoxy) is 1. The number of hydrogen-bond acceptors (Lipinski definition) is 6. The largest absolute Gasteiger partial charge is 0.457 e. The van der Waals surface area contributed by atoms with Crippen molar-refractivity contribution in [3.63, 3.8) is 0 Å². The highest BCUT2D eigenvalue weighted by Crippen LogP contribution is 2.24. The summed E-state index contributed by atoms with van der Waals surface area (Å²) in [5, 5.41) is 19.1. The number of nitro benzene ring substituents is 1. The fourth-order valence-electron chi connectivity index (χ4n) is 2.34. The van der Waals surface area contributed by atoms with Gasteiger partial charge < -0.3 is 10.5 Å². The van der Waals surface area contributed by atoms with E-state index in [9.17, 15) is 10.1 Å². The zero-order valence-corrected chi connectivity index (χ0v) is 16.2. The van der Waals surface area contributed by atoms with Gasteiger partial charge in [-0.15, -0.1) is 5.10 Å². The molecule has 0 aliphatic carbocycles. The first kappa shape index (κ1) is 20.1. The van der Waals surface area contributed by atoms with Crippen LogP contribution in [-0.4, -0.2) is 16.3 Å². The Kier molecular flexibility index (Phi) is 6.96. The van der Waals surface area contributed by atoms with Gasteiger partial charge in [0.05, 0.1) is 11.1 Å². The van der Waals surface area contributed by atoms with Crippen molar-refractivity contribution in [2.45, 2.75) is 5.75 Å². The lowest BCUT2D eigenvalue weighted by Gasteiger charge is -2.05. The van der Waals surface area contributed by atoms with E-state index in [1.807, 2.05) is 42.5 Å². The van der Waals surface area contributed by atoms with Gasteiger partial charge in [-0.05, 0) is 35.4 Å². The van der Waals surface area contributed by atoms with E-state index >= 15 is 0 Å². The van der Waals surface area contributed by atoms with E-state index in [-0.39, 0.29) is 5.69 Å². The summed E-state index contributed by atoms with van der Waals surface area (Å²) in [5.41, 5.74) is 7.84. The third-order valence-corrected chi connectivity index (χ3v) is 4.59. The van der Waals surface area contributed by atoms with E-state index < -0.39 is 4.92 Å². The SMILES string of the molecule is NC(=NN=Cc1cccc(Oc2ccc([N+](=O)[O-])cc2)c1)SCc1ccccc1. The number of thioether (sulfide) groups is 1. The molecule has 7 nitrogen and oxygen atoms in total. The topological polar surface area (TPSA) is 103 Å². The van der Waals surface area contributed by atoms with Crippen LogP contribution in [0.5, 0.6) is 11.5 Å². The summed E-state index contributed by atoms with van der Waals surface area (Å²) in [6.45, 7) is 0. The van der Waals surface area contributed by atoms with Crippen LogP contribution in [0.1, 0.15) is 11.1 Å². The molecule has 29 heavy (non-hydrogen) atoms. The minimum atomic E-state index is -0.453. The molecule has 0 aliphatic heterocycles. The van der Waals surface area contributed by atoms with Crippen LogP contribution in [0.25, 0.3) is 0 Å². The van der Waals surface area contributed by atoms with Crippen molar-refractivity contribution in [3.05, 3.63) is 100 Å². The van der Waals surface area contributed by atoms with E-state index in [1.165, 1.54) is 23.9 Å². The summed E-state index contributed by atoms with van der Waals surface area (Å²) in [7, 11) is 0. The first-order valence-corrected chi connectivity index (χ1v) is 9.64. The van der Waals surface area contributed by atoms with Gasteiger partial charge in [0.15, 0.2) is 5.17 Å².